The lowest BCUT2D eigenvalue weighted by molar-refractivity contribution is 0.575. The summed E-state index contributed by atoms with van der Waals surface area (Å²) in [4.78, 5) is 0.292. The van der Waals surface area contributed by atoms with Crippen LogP contribution in [0.5, 0.6) is 0 Å². The van der Waals surface area contributed by atoms with E-state index in [1.54, 1.807) is 25.1 Å². The van der Waals surface area contributed by atoms with Crippen molar-refractivity contribution in [1.29, 1.82) is 0 Å². The maximum atomic E-state index is 11.9. The van der Waals surface area contributed by atoms with Gasteiger partial charge in [0.1, 0.15) is 0 Å². The summed E-state index contributed by atoms with van der Waals surface area (Å²) in [5.41, 5.74) is 7.06. The molecule has 1 fully saturated rings. The van der Waals surface area contributed by atoms with Crippen LogP contribution in [0.1, 0.15) is 24.8 Å². The smallest absolute Gasteiger partial charge is 0.240 e. The van der Waals surface area contributed by atoms with E-state index < -0.39 is 10.0 Å². The number of anilines is 1. The molecule has 0 saturated heterocycles. The van der Waals surface area contributed by atoms with Crippen LogP contribution in [0.3, 0.4) is 0 Å². The molecular weight excluding hydrogens is 236 g/mol. The fraction of sp³-hybridized carbons (Fsp3) is 0.500. The van der Waals surface area contributed by atoms with Gasteiger partial charge in [0.25, 0.3) is 0 Å². The van der Waals surface area contributed by atoms with Gasteiger partial charge in [-0.2, -0.15) is 0 Å². The predicted molar refractivity (Wildman–Crippen MR) is 68.1 cm³/mol. The standard InChI is InChI=1S/C12H18N2O2S/c1-9-8-11(4-5-12(9)13)17(15,16)14-7-6-10-2-3-10/h4-5,8,10,14H,2-3,6-7,13H2,1H3. The SMILES string of the molecule is Cc1cc(S(=O)(=O)NCCC2CC2)ccc1N. The molecule has 1 aliphatic carbocycles. The minimum Gasteiger partial charge on any atom is -0.399 e. The number of benzene rings is 1. The van der Waals surface area contributed by atoms with Crippen LogP contribution in [-0.4, -0.2) is 15.0 Å². The molecule has 1 saturated carbocycles. The lowest BCUT2D eigenvalue weighted by Gasteiger charge is -2.08. The van der Waals surface area contributed by atoms with Crippen LogP contribution in [0.4, 0.5) is 5.69 Å². The number of hydrogen-bond donors (Lipinski definition) is 2. The lowest BCUT2D eigenvalue weighted by Crippen LogP contribution is -2.25. The number of nitrogens with one attached hydrogen (secondary N) is 1. The van der Waals surface area contributed by atoms with E-state index >= 15 is 0 Å². The van der Waals surface area contributed by atoms with Crippen LogP contribution < -0.4 is 10.5 Å². The van der Waals surface area contributed by atoms with Gasteiger partial charge in [0, 0.05) is 12.2 Å². The minimum atomic E-state index is -3.37. The Morgan fingerprint density at radius 1 is 1.41 bits per heavy atom. The molecule has 0 spiro atoms. The zero-order chi connectivity index (χ0) is 12.5. The number of nitrogen functional groups attached to an aromatic ring is 1. The highest BCUT2D eigenvalue weighted by atomic mass is 32.2. The molecule has 3 N–H and O–H groups in total. The topological polar surface area (TPSA) is 72.2 Å². The zero-order valence-corrected chi connectivity index (χ0v) is 10.8. The van der Waals surface area contributed by atoms with Crippen LogP contribution in [0.15, 0.2) is 23.1 Å². The molecule has 2 rings (SSSR count). The van der Waals surface area contributed by atoms with Gasteiger partial charge >= 0.3 is 0 Å². The highest BCUT2D eigenvalue weighted by Gasteiger charge is 2.22. The van der Waals surface area contributed by atoms with E-state index in [2.05, 4.69) is 4.72 Å². The molecule has 5 heteroatoms. The first kappa shape index (κ1) is 12.4. The molecule has 1 aromatic carbocycles. The third-order valence-corrected chi connectivity index (χ3v) is 4.55. The summed E-state index contributed by atoms with van der Waals surface area (Å²) < 4.78 is 26.5. The lowest BCUT2D eigenvalue weighted by atomic mass is 10.2. The molecule has 0 aliphatic heterocycles. The Bertz CT molecular complexity index is 507. The van der Waals surface area contributed by atoms with Gasteiger partial charge in [-0.1, -0.05) is 12.8 Å². The van der Waals surface area contributed by atoms with E-state index in [1.165, 1.54) is 12.8 Å². The first-order valence-electron chi connectivity index (χ1n) is 5.85. The largest absolute Gasteiger partial charge is 0.399 e. The number of aryl methyl sites for hydroxylation is 1. The summed E-state index contributed by atoms with van der Waals surface area (Å²) in [7, 11) is -3.37. The van der Waals surface area contributed by atoms with E-state index in [4.69, 9.17) is 5.73 Å². The van der Waals surface area contributed by atoms with Crippen molar-refractivity contribution in [2.45, 2.75) is 31.1 Å². The predicted octanol–water partition coefficient (Wildman–Crippen LogP) is 1.66. The van der Waals surface area contributed by atoms with Crippen LogP contribution in [-0.2, 0) is 10.0 Å². The molecule has 0 unspecified atom stereocenters. The van der Waals surface area contributed by atoms with Gasteiger partial charge in [0.2, 0.25) is 10.0 Å². The Balaban J connectivity index is 2.04. The number of rotatable bonds is 5. The van der Waals surface area contributed by atoms with Crippen molar-refractivity contribution in [2.24, 2.45) is 5.92 Å². The summed E-state index contributed by atoms with van der Waals surface area (Å²) in [5.74, 6) is 0.728. The Morgan fingerprint density at radius 3 is 2.71 bits per heavy atom. The average molecular weight is 254 g/mol. The fourth-order valence-electron chi connectivity index (χ4n) is 1.70. The van der Waals surface area contributed by atoms with Crippen molar-refractivity contribution in [3.05, 3.63) is 23.8 Å². The molecule has 94 valence electrons. The summed E-state index contributed by atoms with van der Waals surface area (Å²) in [6, 6.07) is 4.78. The zero-order valence-electron chi connectivity index (χ0n) is 9.94. The molecule has 0 heterocycles. The maximum absolute atomic E-state index is 11.9. The molecule has 4 nitrogen and oxygen atoms in total. The Kier molecular flexibility index (Phi) is 3.40. The Morgan fingerprint density at radius 2 is 2.12 bits per heavy atom. The van der Waals surface area contributed by atoms with Gasteiger partial charge in [-0.05, 0) is 43.0 Å². The maximum Gasteiger partial charge on any atom is 0.240 e. The van der Waals surface area contributed by atoms with Gasteiger partial charge in [-0.15, -0.1) is 0 Å². The highest BCUT2D eigenvalue weighted by Crippen LogP contribution is 2.31. The van der Waals surface area contributed by atoms with Crippen LogP contribution in [0.2, 0.25) is 0 Å². The highest BCUT2D eigenvalue weighted by molar-refractivity contribution is 7.89. The van der Waals surface area contributed by atoms with Crippen molar-refractivity contribution in [3.8, 4) is 0 Å². The van der Waals surface area contributed by atoms with Crippen molar-refractivity contribution in [1.82, 2.24) is 4.72 Å². The van der Waals surface area contributed by atoms with Crippen LogP contribution in [0, 0.1) is 12.8 Å². The second-order valence-corrected chi connectivity index (χ2v) is 6.42. The van der Waals surface area contributed by atoms with Crippen molar-refractivity contribution < 1.29 is 8.42 Å². The normalized spacial score (nSPS) is 16.1. The quantitative estimate of drug-likeness (QED) is 0.785. The van der Waals surface area contributed by atoms with Crippen molar-refractivity contribution in [2.75, 3.05) is 12.3 Å². The van der Waals surface area contributed by atoms with Gasteiger partial charge in [-0.3, -0.25) is 0 Å². The summed E-state index contributed by atoms with van der Waals surface area (Å²) >= 11 is 0. The van der Waals surface area contributed by atoms with E-state index in [1.807, 2.05) is 0 Å². The van der Waals surface area contributed by atoms with E-state index in [0.717, 1.165) is 17.9 Å². The van der Waals surface area contributed by atoms with Gasteiger partial charge in [0.15, 0.2) is 0 Å². The molecule has 0 aromatic heterocycles. The minimum absolute atomic E-state index is 0.292. The van der Waals surface area contributed by atoms with Crippen LogP contribution in [0.25, 0.3) is 0 Å². The molecule has 1 aliphatic rings. The van der Waals surface area contributed by atoms with E-state index in [-0.39, 0.29) is 0 Å². The summed E-state index contributed by atoms with van der Waals surface area (Å²) in [6.07, 6.45) is 3.42. The molecule has 1 aromatic rings. The second kappa shape index (κ2) is 4.66. The van der Waals surface area contributed by atoms with E-state index in [9.17, 15) is 8.42 Å². The average Bonchev–Trinajstić information content (AvgIpc) is 3.05. The molecular formula is C12H18N2O2S. The third-order valence-electron chi connectivity index (χ3n) is 3.09. The molecule has 0 bridgehead atoms. The molecule has 0 amide bonds. The van der Waals surface area contributed by atoms with Gasteiger partial charge < -0.3 is 5.73 Å². The molecule has 0 radical (unpaired) electrons. The van der Waals surface area contributed by atoms with Crippen molar-refractivity contribution >= 4 is 15.7 Å². The Hall–Kier alpha value is -1.07. The first-order valence-corrected chi connectivity index (χ1v) is 7.33. The van der Waals surface area contributed by atoms with Crippen LogP contribution >= 0.6 is 0 Å². The third kappa shape index (κ3) is 3.20. The molecule has 0 atom stereocenters. The molecule has 17 heavy (non-hydrogen) atoms. The summed E-state index contributed by atoms with van der Waals surface area (Å²) in [5, 5.41) is 0. The summed E-state index contributed by atoms with van der Waals surface area (Å²) in [6.45, 7) is 2.33. The number of sulfonamides is 1. The fourth-order valence-corrected chi connectivity index (χ4v) is 2.83. The van der Waals surface area contributed by atoms with Crippen molar-refractivity contribution in [3.63, 3.8) is 0 Å². The van der Waals surface area contributed by atoms with Gasteiger partial charge in [0.05, 0.1) is 4.90 Å². The first-order chi connectivity index (χ1) is 7.99. The second-order valence-electron chi connectivity index (χ2n) is 4.65. The Labute approximate surface area is 102 Å². The van der Waals surface area contributed by atoms with Gasteiger partial charge in [-0.25, -0.2) is 13.1 Å². The van der Waals surface area contributed by atoms with E-state index in [0.29, 0.717) is 17.1 Å². The number of nitrogens with two attached hydrogens (primary N) is 1. The monoisotopic (exact) mass is 254 g/mol. The number of hydrogen-bond acceptors (Lipinski definition) is 3.